The molecule has 0 aliphatic carbocycles. The number of carbonyl (C=O) groups excluding carboxylic acids is 1. The Morgan fingerprint density at radius 1 is 1.28 bits per heavy atom. The van der Waals surface area contributed by atoms with Crippen LogP contribution in [0.1, 0.15) is 24.3 Å². The SMILES string of the molecule is COc1ccccc1[C@H]1OC(c2cccc([N+](=O)[O-])c2)=NN1C(C)=O. The van der Waals surface area contributed by atoms with Crippen molar-refractivity contribution in [1.29, 1.82) is 0 Å². The zero-order valence-corrected chi connectivity index (χ0v) is 13.6. The van der Waals surface area contributed by atoms with Crippen molar-refractivity contribution in [3.05, 3.63) is 69.8 Å². The van der Waals surface area contributed by atoms with E-state index in [4.69, 9.17) is 9.47 Å². The molecule has 1 aliphatic rings. The molecule has 1 atom stereocenters. The predicted molar refractivity (Wildman–Crippen MR) is 89.0 cm³/mol. The van der Waals surface area contributed by atoms with E-state index >= 15 is 0 Å². The van der Waals surface area contributed by atoms with Crippen molar-refractivity contribution >= 4 is 17.5 Å². The molecule has 0 bridgehead atoms. The number of hydrogen-bond acceptors (Lipinski definition) is 6. The predicted octanol–water partition coefficient (Wildman–Crippen LogP) is 2.84. The molecule has 0 saturated heterocycles. The first kappa shape index (κ1) is 16.4. The Kier molecular flexibility index (Phi) is 4.34. The number of nitro benzene ring substituents is 1. The highest BCUT2D eigenvalue weighted by Crippen LogP contribution is 2.35. The van der Waals surface area contributed by atoms with Gasteiger partial charge in [-0.2, -0.15) is 5.01 Å². The van der Waals surface area contributed by atoms with E-state index in [0.29, 0.717) is 16.9 Å². The summed E-state index contributed by atoms with van der Waals surface area (Å²) < 4.78 is 11.2. The van der Waals surface area contributed by atoms with Gasteiger partial charge in [0.15, 0.2) is 0 Å². The lowest BCUT2D eigenvalue weighted by Gasteiger charge is -2.21. The van der Waals surface area contributed by atoms with E-state index in [-0.39, 0.29) is 17.5 Å². The van der Waals surface area contributed by atoms with Gasteiger partial charge in [0.2, 0.25) is 18.0 Å². The summed E-state index contributed by atoms with van der Waals surface area (Å²) in [7, 11) is 1.52. The summed E-state index contributed by atoms with van der Waals surface area (Å²) in [6.07, 6.45) is -0.803. The number of amides is 1. The van der Waals surface area contributed by atoms with E-state index in [1.807, 2.05) is 0 Å². The van der Waals surface area contributed by atoms with Crippen LogP contribution in [0.3, 0.4) is 0 Å². The van der Waals surface area contributed by atoms with Crippen molar-refractivity contribution in [2.75, 3.05) is 7.11 Å². The number of hydrogen-bond donors (Lipinski definition) is 0. The molecule has 2 aromatic carbocycles. The maximum Gasteiger partial charge on any atom is 0.270 e. The third-order valence-electron chi connectivity index (χ3n) is 3.68. The quantitative estimate of drug-likeness (QED) is 0.629. The van der Waals surface area contributed by atoms with E-state index in [9.17, 15) is 14.9 Å². The maximum atomic E-state index is 12.0. The van der Waals surface area contributed by atoms with E-state index in [1.165, 1.54) is 37.2 Å². The first-order valence-corrected chi connectivity index (χ1v) is 7.44. The zero-order valence-electron chi connectivity index (χ0n) is 13.6. The van der Waals surface area contributed by atoms with E-state index in [0.717, 1.165) is 0 Å². The van der Waals surface area contributed by atoms with Gasteiger partial charge in [-0.1, -0.05) is 18.2 Å². The topological polar surface area (TPSA) is 94.3 Å². The number of nitro groups is 1. The fraction of sp³-hybridized carbons (Fsp3) is 0.176. The monoisotopic (exact) mass is 341 g/mol. The second kappa shape index (κ2) is 6.60. The molecule has 8 heteroatoms. The molecule has 1 heterocycles. The lowest BCUT2D eigenvalue weighted by Crippen LogP contribution is -2.25. The number of ether oxygens (including phenoxy) is 2. The summed E-state index contributed by atoms with van der Waals surface area (Å²) in [5.74, 6) is 0.361. The van der Waals surface area contributed by atoms with Gasteiger partial charge in [-0.15, -0.1) is 5.10 Å². The Hall–Kier alpha value is -3.42. The highest BCUT2D eigenvalue weighted by molar-refractivity contribution is 5.96. The summed E-state index contributed by atoms with van der Waals surface area (Å²) in [4.78, 5) is 22.4. The van der Waals surface area contributed by atoms with Crippen LogP contribution in [-0.4, -0.2) is 28.8 Å². The van der Waals surface area contributed by atoms with Gasteiger partial charge in [0.1, 0.15) is 5.75 Å². The van der Waals surface area contributed by atoms with Crippen LogP contribution in [0.25, 0.3) is 0 Å². The minimum Gasteiger partial charge on any atom is -0.496 e. The standard InChI is InChI=1S/C17H15N3O5/c1-11(21)19-17(14-8-3-4-9-15(14)24-2)25-16(18-19)12-6-5-7-13(10-12)20(22)23/h3-10,17H,1-2H3/t17-/m1/s1. The number of non-ortho nitro benzene ring substituents is 1. The van der Waals surface area contributed by atoms with Crippen LogP contribution in [0.2, 0.25) is 0 Å². The number of rotatable bonds is 4. The Balaban J connectivity index is 1.99. The van der Waals surface area contributed by atoms with Crippen molar-refractivity contribution in [2.45, 2.75) is 13.2 Å². The normalized spacial score (nSPS) is 16.2. The van der Waals surface area contributed by atoms with Crippen LogP contribution in [0.4, 0.5) is 5.69 Å². The molecular weight excluding hydrogens is 326 g/mol. The molecule has 0 aromatic heterocycles. The third kappa shape index (κ3) is 3.14. The van der Waals surface area contributed by atoms with Crippen molar-refractivity contribution in [1.82, 2.24) is 5.01 Å². The van der Waals surface area contributed by atoms with Crippen LogP contribution >= 0.6 is 0 Å². The van der Waals surface area contributed by atoms with Gasteiger partial charge >= 0.3 is 0 Å². The lowest BCUT2D eigenvalue weighted by molar-refractivity contribution is -0.384. The largest absolute Gasteiger partial charge is 0.496 e. The van der Waals surface area contributed by atoms with Crippen LogP contribution in [0.5, 0.6) is 5.75 Å². The number of methoxy groups -OCH3 is 1. The lowest BCUT2D eigenvalue weighted by atomic mass is 10.1. The Morgan fingerprint density at radius 3 is 2.72 bits per heavy atom. The molecule has 2 aromatic rings. The van der Waals surface area contributed by atoms with Crippen LogP contribution < -0.4 is 4.74 Å². The third-order valence-corrected chi connectivity index (χ3v) is 3.68. The zero-order chi connectivity index (χ0) is 18.0. The van der Waals surface area contributed by atoms with Crippen molar-refractivity contribution < 1.29 is 19.2 Å². The highest BCUT2D eigenvalue weighted by Gasteiger charge is 2.35. The van der Waals surface area contributed by atoms with Crippen molar-refractivity contribution in [2.24, 2.45) is 5.10 Å². The fourth-order valence-electron chi connectivity index (χ4n) is 2.51. The number of hydrazone groups is 1. The first-order chi connectivity index (χ1) is 12.0. The van der Waals surface area contributed by atoms with Gasteiger partial charge in [-0.05, 0) is 18.2 Å². The second-order valence-electron chi connectivity index (χ2n) is 5.29. The molecule has 128 valence electrons. The summed E-state index contributed by atoms with van der Waals surface area (Å²) in [6.45, 7) is 1.37. The van der Waals surface area contributed by atoms with Gasteiger partial charge in [0.05, 0.1) is 17.6 Å². The van der Waals surface area contributed by atoms with Crippen molar-refractivity contribution in [3.8, 4) is 5.75 Å². The average Bonchev–Trinajstić information content (AvgIpc) is 3.07. The molecule has 8 nitrogen and oxygen atoms in total. The highest BCUT2D eigenvalue weighted by atomic mass is 16.6. The molecule has 0 fully saturated rings. The number of para-hydroxylation sites is 1. The van der Waals surface area contributed by atoms with Gasteiger partial charge in [-0.3, -0.25) is 14.9 Å². The Labute approximate surface area is 143 Å². The number of benzene rings is 2. The summed E-state index contributed by atoms with van der Waals surface area (Å²) >= 11 is 0. The summed E-state index contributed by atoms with van der Waals surface area (Å²) in [5, 5.41) is 16.3. The van der Waals surface area contributed by atoms with E-state index in [1.54, 1.807) is 30.3 Å². The summed E-state index contributed by atoms with van der Waals surface area (Å²) in [5.41, 5.74) is 0.959. The van der Waals surface area contributed by atoms with Crippen molar-refractivity contribution in [3.63, 3.8) is 0 Å². The average molecular weight is 341 g/mol. The Bertz CT molecular complexity index is 865. The second-order valence-corrected chi connectivity index (χ2v) is 5.29. The summed E-state index contributed by atoms with van der Waals surface area (Å²) in [6, 6.07) is 13.0. The minimum atomic E-state index is -0.803. The van der Waals surface area contributed by atoms with Crippen LogP contribution in [0.15, 0.2) is 53.6 Å². The molecular formula is C17H15N3O5. The number of nitrogens with zero attached hydrogens (tertiary/aromatic N) is 3. The Morgan fingerprint density at radius 2 is 2.04 bits per heavy atom. The maximum absolute atomic E-state index is 12.0. The smallest absolute Gasteiger partial charge is 0.270 e. The van der Waals surface area contributed by atoms with Gasteiger partial charge in [-0.25, -0.2) is 0 Å². The molecule has 1 aliphatic heterocycles. The van der Waals surface area contributed by atoms with Crippen LogP contribution in [-0.2, 0) is 9.53 Å². The van der Waals surface area contributed by atoms with Gasteiger partial charge in [0, 0.05) is 24.6 Å². The van der Waals surface area contributed by atoms with E-state index in [2.05, 4.69) is 5.10 Å². The molecule has 0 unspecified atom stereocenters. The molecule has 25 heavy (non-hydrogen) atoms. The molecule has 0 spiro atoms. The molecule has 0 radical (unpaired) electrons. The van der Waals surface area contributed by atoms with E-state index < -0.39 is 11.2 Å². The minimum absolute atomic E-state index is 0.0843. The molecule has 3 rings (SSSR count). The van der Waals surface area contributed by atoms with Crippen LogP contribution in [0, 0.1) is 10.1 Å². The first-order valence-electron chi connectivity index (χ1n) is 7.44. The number of carbonyl (C=O) groups is 1. The molecule has 1 amide bonds. The molecule has 0 saturated carbocycles. The molecule has 0 N–H and O–H groups in total. The van der Waals surface area contributed by atoms with Gasteiger partial charge < -0.3 is 9.47 Å². The van der Waals surface area contributed by atoms with Gasteiger partial charge in [0.25, 0.3) is 5.69 Å². The fourth-order valence-corrected chi connectivity index (χ4v) is 2.51.